The third-order valence-electron chi connectivity index (χ3n) is 3.17. The minimum atomic E-state index is 0.0581. The zero-order valence-electron chi connectivity index (χ0n) is 10.7. The van der Waals surface area contributed by atoms with Crippen LogP contribution in [-0.2, 0) is 0 Å². The first-order chi connectivity index (χ1) is 8.59. The number of hydrogen-bond acceptors (Lipinski definition) is 3. The lowest BCUT2D eigenvalue weighted by molar-refractivity contribution is 0.0755. The predicted molar refractivity (Wildman–Crippen MR) is 78.6 cm³/mol. The second-order valence-electron chi connectivity index (χ2n) is 4.82. The van der Waals surface area contributed by atoms with Crippen LogP contribution in [0.25, 0.3) is 0 Å². The molecule has 1 fully saturated rings. The molecule has 2 heterocycles. The summed E-state index contributed by atoms with van der Waals surface area (Å²) in [5, 5.41) is 0.531. The van der Waals surface area contributed by atoms with Crippen molar-refractivity contribution in [1.29, 1.82) is 0 Å². The number of nitrogens with one attached hydrogen (secondary N) is 1. The highest BCUT2D eigenvalue weighted by Gasteiger charge is 2.27. The van der Waals surface area contributed by atoms with E-state index in [0.717, 1.165) is 18.8 Å². The Labute approximate surface area is 117 Å². The van der Waals surface area contributed by atoms with E-state index in [2.05, 4.69) is 18.8 Å². The van der Waals surface area contributed by atoms with Gasteiger partial charge in [0.25, 0.3) is 5.91 Å². The van der Waals surface area contributed by atoms with Crippen molar-refractivity contribution in [2.75, 3.05) is 18.8 Å². The minimum absolute atomic E-state index is 0.0581. The standard InChI is InChI=1S/C13H18N2OS2/c1-9(2)11-8-15(6-7-18-11)13(16)10-4-3-5-14-12(10)17/h3-5,9,11H,6-8H2,1-2H3,(H,14,17)/t11-/m1/s1. The fraction of sp³-hybridized carbons (Fsp3) is 0.538. The van der Waals surface area contributed by atoms with Gasteiger partial charge in [-0.05, 0) is 18.1 Å². The molecule has 1 atom stereocenters. The average molecular weight is 282 g/mol. The third kappa shape index (κ3) is 2.95. The smallest absolute Gasteiger partial charge is 0.256 e. The van der Waals surface area contributed by atoms with Crippen molar-refractivity contribution in [3.8, 4) is 0 Å². The van der Waals surface area contributed by atoms with Crippen LogP contribution in [0.2, 0.25) is 0 Å². The van der Waals surface area contributed by atoms with Crippen LogP contribution in [0, 0.1) is 10.6 Å². The third-order valence-corrected chi connectivity index (χ3v) is 5.05. The molecule has 1 N–H and O–H groups in total. The first-order valence-corrected chi connectivity index (χ1v) is 7.64. The quantitative estimate of drug-likeness (QED) is 0.847. The molecule has 0 bridgehead atoms. The monoisotopic (exact) mass is 282 g/mol. The van der Waals surface area contributed by atoms with Gasteiger partial charge in [0.15, 0.2) is 0 Å². The molecule has 1 saturated heterocycles. The highest BCUT2D eigenvalue weighted by atomic mass is 32.2. The second-order valence-corrected chi connectivity index (χ2v) is 6.57. The number of pyridine rings is 1. The van der Waals surface area contributed by atoms with Gasteiger partial charge in [0.2, 0.25) is 0 Å². The fourth-order valence-electron chi connectivity index (χ4n) is 2.02. The van der Waals surface area contributed by atoms with Crippen molar-refractivity contribution in [3.63, 3.8) is 0 Å². The van der Waals surface area contributed by atoms with E-state index in [-0.39, 0.29) is 5.91 Å². The topological polar surface area (TPSA) is 36.1 Å². The van der Waals surface area contributed by atoms with E-state index >= 15 is 0 Å². The van der Waals surface area contributed by atoms with E-state index in [1.54, 1.807) is 12.3 Å². The Hall–Kier alpha value is -0.810. The lowest BCUT2D eigenvalue weighted by Crippen LogP contribution is -2.43. The molecule has 98 valence electrons. The van der Waals surface area contributed by atoms with Crippen molar-refractivity contribution in [3.05, 3.63) is 28.5 Å². The number of thioether (sulfide) groups is 1. The van der Waals surface area contributed by atoms with Gasteiger partial charge in [0.1, 0.15) is 4.64 Å². The molecule has 0 unspecified atom stereocenters. The number of hydrogen-bond donors (Lipinski definition) is 1. The van der Waals surface area contributed by atoms with Crippen molar-refractivity contribution >= 4 is 29.9 Å². The summed E-state index contributed by atoms with van der Waals surface area (Å²) in [4.78, 5) is 17.3. The maximum atomic E-state index is 12.4. The molecule has 1 aliphatic heterocycles. The van der Waals surface area contributed by atoms with Crippen LogP contribution in [0.3, 0.4) is 0 Å². The SMILES string of the molecule is CC(C)[C@H]1CN(C(=O)c2ccc[nH]c2=S)CCS1. The molecular formula is C13H18N2OS2. The summed E-state index contributed by atoms with van der Waals surface area (Å²) in [5.74, 6) is 1.66. The lowest BCUT2D eigenvalue weighted by atomic mass is 10.1. The summed E-state index contributed by atoms with van der Waals surface area (Å²) in [6, 6.07) is 3.62. The zero-order valence-corrected chi connectivity index (χ0v) is 12.3. The molecule has 0 aromatic carbocycles. The summed E-state index contributed by atoms with van der Waals surface area (Å²) in [6.45, 7) is 6.06. The van der Waals surface area contributed by atoms with Gasteiger partial charge >= 0.3 is 0 Å². The summed E-state index contributed by atoms with van der Waals surface area (Å²) in [5.41, 5.74) is 0.613. The maximum absolute atomic E-state index is 12.4. The van der Waals surface area contributed by atoms with Gasteiger partial charge in [0.05, 0.1) is 5.56 Å². The molecule has 18 heavy (non-hydrogen) atoms. The Morgan fingerprint density at radius 3 is 3.06 bits per heavy atom. The fourth-order valence-corrected chi connectivity index (χ4v) is 3.55. The van der Waals surface area contributed by atoms with Crippen LogP contribution in [0.15, 0.2) is 18.3 Å². The normalized spacial score (nSPS) is 20.2. The van der Waals surface area contributed by atoms with Crippen LogP contribution >= 0.6 is 24.0 Å². The summed E-state index contributed by atoms with van der Waals surface area (Å²) >= 11 is 7.13. The molecule has 3 nitrogen and oxygen atoms in total. The van der Waals surface area contributed by atoms with Crippen LogP contribution < -0.4 is 0 Å². The summed E-state index contributed by atoms with van der Waals surface area (Å²) in [7, 11) is 0. The van der Waals surface area contributed by atoms with Gasteiger partial charge in [-0.3, -0.25) is 4.79 Å². The number of rotatable bonds is 2. The molecule has 0 saturated carbocycles. The van der Waals surface area contributed by atoms with E-state index in [4.69, 9.17) is 12.2 Å². The summed E-state index contributed by atoms with van der Waals surface area (Å²) in [6.07, 6.45) is 1.75. The number of nitrogens with zero attached hydrogens (tertiary/aromatic N) is 1. The zero-order chi connectivity index (χ0) is 13.1. The van der Waals surface area contributed by atoms with E-state index in [1.807, 2.05) is 22.7 Å². The molecule has 1 aromatic rings. The van der Waals surface area contributed by atoms with Gasteiger partial charge in [0, 0.05) is 30.3 Å². The second kappa shape index (κ2) is 5.89. The van der Waals surface area contributed by atoms with E-state index in [9.17, 15) is 4.79 Å². The molecule has 0 radical (unpaired) electrons. The maximum Gasteiger partial charge on any atom is 0.256 e. The molecule has 0 aliphatic carbocycles. The van der Waals surface area contributed by atoms with Gasteiger partial charge in [-0.1, -0.05) is 26.1 Å². The number of amides is 1. The number of aromatic amines is 1. The largest absolute Gasteiger partial charge is 0.352 e. The highest BCUT2D eigenvalue weighted by Crippen LogP contribution is 2.25. The van der Waals surface area contributed by atoms with Gasteiger partial charge in [-0.25, -0.2) is 0 Å². The van der Waals surface area contributed by atoms with Crippen molar-refractivity contribution in [1.82, 2.24) is 9.88 Å². The average Bonchev–Trinajstić information content (AvgIpc) is 2.38. The molecule has 2 rings (SSSR count). The highest BCUT2D eigenvalue weighted by molar-refractivity contribution is 8.00. The minimum Gasteiger partial charge on any atom is -0.352 e. The van der Waals surface area contributed by atoms with Crippen LogP contribution in [-0.4, -0.2) is 39.9 Å². The number of H-pyrrole nitrogens is 1. The number of aromatic nitrogens is 1. The lowest BCUT2D eigenvalue weighted by Gasteiger charge is -2.34. The van der Waals surface area contributed by atoms with Crippen LogP contribution in [0.4, 0.5) is 0 Å². The molecule has 1 amide bonds. The van der Waals surface area contributed by atoms with Crippen LogP contribution in [0.1, 0.15) is 24.2 Å². The Morgan fingerprint density at radius 1 is 1.61 bits per heavy atom. The molecule has 1 aromatic heterocycles. The van der Waals surface area contributed by atoms with E-state index in [0.29, 0.717) is 21.4 Å². The Balaban J connectivity index is 2.14. The van der Waals surface area contributed by atoms with Crippen LogP contribution in [0.5, 0.6) is 0 Å². The Morgan fingerprint density at radius 2 is 2.39 bits per heavy atom. The van der Waals surface area contributed by atoms with Crippen molar-refractivity contribution < 1.29 is 4.79 Å². The van der Waals surface area contributed by atoms with Gasteiger partial charge < -0.3 is 9.88 Å². The summed E-state index contributed by atoms with van der Waals surface area (Å²) < 4.78 is 0.529. The first-order valence-electron chi connectivity index (χ1n) is 6.18. The van der Waals surface area contributed by atoms with Crippen molar-refractivity contribution in [2.24, 2.45) is 5.92 Å². The van der Waals surface area contributed by atoms with Crippen molar-refractivity contribution in [2.45, 2.75) is 19.1 Å². The number of carbonyl (C=O) groups excluding carboxylic acids is 1. The molecule has 1 aliphatic rings. The Kier molecular flexibility index (Phi) is 4.45. The number of carbonyl (C=O) groups is 1. The van der Waals surface area contributed by atoms with Gasteiger partial charge in [-0.2, -0.15) is 11.8 Å². The van der Waals surface area contributed by atoms with E-state index in [1.165, 1.54) is 0 Å². The predicted octanol–water partition coefficient (Wildman–Crippen LogP) is 2.96. The van der Waals surface area contributed by atoms with Gasteiger partial charge in [-0.15, -0.1) is 0 Å². The Bertz CT molecular complexity index is 484. The molecular weight excluding hydrogens is 264 g/mol. The first kappa shape index (κ1) is 13.6. The molecule has 5 heteroatoms. The van der Waals surface area contributed by atoms with E-state index < -0.39 is 0 Å². The molecule has 0 spiro atoms.